The summed E-state index contributed by atoms with van der Waals surface area (Å²) in [6.07, 6.45) is 5.43. The second-order valence-electron chi connectivity index (χ2n) is 12.2. The number of piperidine rings is 2. The summed E-state index contributed by atoms with van der Waals surface area (Å²) in [5.74, 6) is 2.80. The summed E-state index contributed by atoms with van der Waals surface area (Å²) in [6, 6.07) is 5.65. The summed E-state index contributed by atoms with van der Waals surface area (Å²) >= 11 is 0. The molecule has 3 fully saturated rings. The molecule has 2 bridgehead atoms. The van der Waals surface area contributed by atoms with Gasteiger partial charge in [0.1, 0.15) is 13.2 Å². The molecule has 8 heteroatoms. The standard InChI is InChI=1S/C30H43N3O5/c1-19(2)24-9-7-20(3)13-29(35)33-17-21-14-23(25(33)5-4-6-28(34)31-24)18-32(16-21)30(36)22-8-10-26-27(15-22)38-12-11-37-26/h8,10,15,19-21,23-25H,4-7,9,11-14,16-18H2,1-3H3,(H,31,34)/t20-,21+,23-,24+,25+/m1/s1. The molecule has 5 rings (SSSR count). The monoisotopic (exact) mass is 525 g/mol. The molecule has 0 radical (unpaired) electrons. The Balaban J connectivity index is 1.31. The van der Waals surface area contributed by atoms with Gasteiger partial charge >= 0.3 is 0 Å². The number of ether oxygens (including phenoxy) is 2. The number of nitrogens with one attached hydrogen (secondary N) is 1. The minimum absolute atomic E-state index is 0.00817. The van der Waals surface area contributed by atoms with E-state index in [1.165, 1.54) is 0 Å². The van der Waals surface area contributed by atoms with Crippen molar-refractivity contribution in [2.24, 2.45) is 23.7 Å². The first-order chi connectivity index (χ1) is 18.3. The van der Waals surface area contributed by atoms with Gasteiger partial charge in [-0.2, -0.15) is 0 Å². The molecule has 0 aromatic heterocycles. The lowest BCUT2D eigenvalue weighted by Crippen LogP contribution is -2.60. The Kier molecular flexibility index (Phi) is 8.15. The summed E-state index contributed by atoms with van der Waals surface area (Å²) in [4.78, 5) is 44.0. The fourth-order valence-corrected chi connectivity index (χ4v) is 6.83. The molecule has 38 heavy (non-hydrogen) atoms. The maximum atomic E-state index is 13.6. The van der Waals surface area contributed by atoms with Gasteiger partial charge in [0.15, 0.2) is 11.5 Å². The van der Waals surface area contributed by atoms with Crippen molar-refractivity contribution in [3.63, 3.8) is 0 Å². The number of carbonyl (C=O) groups is 3. The lowest BCUT2D eigenvalue weighted by Gasteiger charge is -2.51. The zero-order valence-corrected chi connectivity index (χ0v) is 23.1. The number of hydrogen-bond acceptors (Lipinski definition) is 5. The van der Waals surface area contributed by atoms with Gasteiger partial charge in [-0.05, 0) is 74.0 Å². The van der Waals surface area contributed by atoms with Gasteiger partial charge in [-0.3, -0.25) is 14.4 Å². The van der Waals surface area contributed by atoms with Gasteiger partial charge in [-0.15, -0.1) is 0 Å². The van der Waals surface area contributed by atoms with Crippen LogP contribution in [-0.2, 0) is 9.59 Å². The van der Waals surface area contributed by atoms with Gasteiger partial charge in [0.05, 0.1) is 0 Å². The van der Waals surface area contributed by atoms with E-state index in [2.05, 4.69) is 31.0 Å². The van der Waals surface area contributed by atoms with Crippen LogP contribution in [0, 0.1) is 23.7 Å². The highest BCUT2D eigenvalue weighted by Gasteiger charge is 2.44. The maximum Gasteiger partial charge on any atom is 0.254 e. The molecular weight excluding hydrogens is 482 g/mol. The minimum Gasteiger partial charge on any atom is -0.486 e. The Bertz CT molecular complexity index is 1040. The van der Waals surface area contributed by atoms with E-state index < -0.39 is 0 Å². The smallest absolute Gasteiger partial charge is 0.254 e. The molecular formula is C30H43N3O5. The van der Waals surface area contributed by atoms with Crippen LogP contribution in [0.5, 0.6) is 11.5 Å². The summed E-state index contributed by atoms with van der Waals surface area (Å²) in [5, 5.41) is 3.25. The molecule has 4 aliphatic heterocycles. The van der Waals surface area contributed by atoms with Crippen LogP contribution >= 0.6 is 0 Å². The molecule has 1 N–H and O–H groups in total. The Morgan fingerprint density at radius 1 is 1.03 bits per heavy atom. The predicted octanol–water partition coefficient (Wildman–Crippen LogP) is 3.88. The number of rotatable bonds is 2. The fraction of sp³-hybridized carbons (Fsp3) is 0.700. The molecule has 1 aromatic carbocycles. The molecule has 0 aliphatic carbocycles. The third-order valence-corrected chi connectivity index (χ3v) is 8.91. The van der Waals surface area contributed by atoms with Crippen molar-refractivity contribution < 1.29 is 23.9 Å². The topological polar surface area (TPSA) is 88.2 Å². The number of amides is 3. The number of hydrogen-bond donors (Lipinski definition) is 1. The largest absolute Gasteiger partial charge is 0.486 e. The van der Waals surface area contributed by atoms with Crippen LogP contribution in [0.3, 0.4) is 0 Å². The quantitative estimate of drug-likeness (QED) is 0.633. The zero-order chi connectivity index (χ0) is 26.8. The maximum absolute atomic E-state index is 13.6. The molecule has 0 unspecified atom stereocenters. The summed E-state index contributed by atoms with van der Waals surface area (Å²) in [6.45, 7) is 9.45. The molecule has 208 valence electrons. The molecule has 3 saturated heterocycles. The van der Waals surface area contributed by atoms with Gasteiger partial charge in [0, 0.05) is 50.1 Å². The van der Waals surface area contributed by atoms with Gasteiger partial charge in [0.2, 0.25) is 11.8 Å². The van der Waals surface area contributed by atoms with Crippen LogP contribution in [0.4, 0.5) is 0 Å². The highest BCUT2D eigenvalue weighted by molar-refractivity contribution is 5.95. The van der Waals surface area contributed by atoms with Gasteiger partial charge in [0.25, 0.3) is 5.91 Å². The Morgan fingerprint density at radius 2 is 1.82 bits per heavy atom. The number of nitrogens with zero attached hydrogens (tertiary/aromatic N) is 2. The summed E-state index contributed by atoms with van der Waals surface area (Å²) in [5.41, 5.74) is 0.613. The Labute approximate surface area is 226 Å². The van der Waals surface area contributed by atoms with Crippen molar-refractivity contribution in [3.05, 3.63) is 23.8 Å². The lowest BCUT2D eigenvalue weighted by molar-refractivity contribution is -0.141. The molecule has 8 nitrogen and oxygen atoms in total. The van der Waals surface area contributed by atoms with Crippen LogP contribution in [0.2, 0.25) is 0 Å². The van der Waals surface area contributed by atoms with E-state index in [1.54, 1.807) is 6.07 Å². The number of carbonyl (C=O) groups excluding carboxylic acids is 3. The molecule has 1 aromatic rings. The van der Waals surface area contributed by atoms with Crippen molar-refractivity contribution in [3.8, 4) is 11.5 Å². The van der Waals surface area contributed by atoms with Crippen LogP contribution < -0.4 is 14.8 Å². The number of fused-ring (bicyclic) bond motifs is 5. The third-order valence-electron chi connectivity index (χ3n) is 8.91. The van der Waals surface area contributed by atoms with Gasteiger partial charge < -0.3 is 24.6 Å². The predicted molar refractivity (Wildman–Crippen MR) is 144 cm³/mol. The van der Waals surface area contributed by atoms with Gasteiger partial charge in [-0.25, -0.2) is 0 Å². The summed E-state index contributed by atoms with van der Waals surface area (Å²) < 4.78 is 11.3. The van der Waals surface area contributed by atoms with Gasteiger partial charge in [-0.1, -0.05) is 20.8 Å². The average molecular weight is 526 g/mol. The lowest BCUT2D eigenvalue weighted by atomic mass is 9.77. The van der Waals surface area contributed by atoms with E-state index in [4.69, 9.17) is 9.47 Å². The van der Waals surface area contributed by atoms with E-state index in [0.717, 1.165) is 32.1 Å². The third kappa shape index (κ3) is 5.94. The highest BCUT2D eigenvalue weighted by atomic mass is 16.6. The first-order valence-corrected chi connectivity index (χ1v) is 14.6. The Morgan fingerprint density at radius 3 is 2.61 bits per heavy atom. The summed E-state index contributed by atoms with van der Waals surface area (Å²) in [7, 11) is 0. The van der Waals surface area contributed by atoms with E-state index in [9.17, 15) is 14.4 Å². The fourth-order valence-electron chi connectivity index (χ4n) is 6.83. The van der Waals surface area contributed by atoms with Crippen molar-refractivity contribution in [2.45, 2.75) is 77.8 Å². The number of likely N-dealkylation sites (tertiary alicyclic amines) is 1. The minimum atomic E-state index is 0.00817. The van der Waals surface area contributed by atoms with Crippen LogP contribution in [-0.4, -0.2) is 72.5 Å². The van der Waals surface area contributed by atoms with Crippen LogP contribution in [0.25, 0.3) is 0 Å². The highest BCUT2D eigenvalue weighted by Crippen LogP contribution is 2.38. The molecule has 5 atom stereocenters. The van der Waals surface area contributed by atoms with E-state index >= 15 is 0 Å². The second-order valence-corrected chi connectivity index (χ2v) is 12.2. The van der Waals surface area contributed by atoms with Crippen molar-refractivity contribution in [1.82, 2.24) is 15.1 Å². The van der Waals surface area contributed by atoms with Crippen LogP contribution in [0.1, 0.15) is 76.1 Å². The second kappa shape index (κ2) is 11.5. The van der Waals surface area contributed by atoms with Crippen molar-refractivity contribution >= 4 is 17.7 Å². The Hall–Kier alpha value is -2.77. The van der Waals surface area contributed by atoms with Crippen molar-refractivity contribution in [2.75, 3.05) is 32.8 Å². The normalized spacial score (nSPS) is 30.5. The SMILES string of the molecule is CC(C)[C@@H]1CC[C@@H](C)CC(=O)N2C[C@H]3C[C@H](CN(C(=O)c4ccc5c(c4)OCCO5)C3)[C@@H]2CCCC(=O)N1. The molecule has 0 saturated carbocycles. The molecule has 4 heterocycles. The average Bonchev–Trinajstić information content (AvgIpc) is 2.91. The first kappa shape index (κ1) is 26.8. The van der Waals surface area contributed by atoms with E-state index in [-0.39, 0.29) is 47.6 Å². The molecule has 0 spiro atoms. The van der Waals surface area contributed by atoms with Crippen molar-refractivity contribution in [1.29, 1.82) is 0 Å². The zero-order valence-electron chi connectivity index (χ0n) is 23.1. The first-order valence-electron chi connectivity index (χ1n) is 14.6. The molecule has 4 aliphatic rings. The molecule has 3 amide bonds. The van der Waals surface area contributed by atoms with Crippen LogP contribution in [0.15, 0.2) is 18.2 Å². The van der Waals surface area contributed by atoms with E-state index in [0.29, 0.717) is 68.7 Å². The number of benzene rings is 1. The van der Waals surface area contributed by atoms with E-state index in [1.807, 2.05) is 17.0 Å².